The second-order valence-electron chi connectivity index (χ2n) is 4.54. The molecule has 0 amide bonds. The molecule has 0 unspecified atom stereocenters. The maximum absolute atomic E-state index is 13.7. The molecule has 0 radical (unpaired) electrons. The minimum Gasteiger partial charge on any atom is -0.298 e. The third kappa shape index (κ3) is 4.41. The van der Waals surface area contributed by atoms with E-state index < -0.39 is 0 Å². The molecule has 2 rings (SSSR count). The van der Waals surface area contributed by atoms with Crippen LogP contribution in [0.1, 0.15) is 11.1 Å². The summed E-state index contributed by atoms with van der Waals surface area (Å²) in [4.78, 5) is 2.09. The molecule has 0 aliphatic carbocycles. The first-order valence-electron chi connectivity index (χ1n) is 5.91. The number of nitrogens with zero attached hydrogens (tertiary/aromatic N) is 1. The molecule has 0 bridgehead atoms. The molecule has 0 aromatic heterocycles. The number of hydrogen-bond donors (Lipinski definition) is 0. The quantitative estimate of drug-likeness (QED) is 0.715. The van der Waals surface area contributed by atoms with Crippen LogP contribution in [0.25, 0.3) is 0 Å². The van der Waals surface area contributed by atoms with Crippen molar-refractivity contribution in [2.45, 2.75) is 13.1 Å². The number of rotatable bonds is 4. The van der Waals surface area contributed by atoms with Crippen molar-refractivity contribution in [2.75, 3.05) is 7.05 Å². The van der Waals surface area contributed by atoms with Gasteiger partial charge in [-0.1, -0.05) is 50.1 Å². The van der Waals surface area contributed by atoms with E-state index in [0.717, 1.165) is 15.5 Å². The molecule has 0 heterocycles. The maximum atomic E-state index is 13.7. The molecule has 0 N–H and O–H groups in total. The zero-order valence-electron chi connectivity index (χ0n) is 10.5. The zero-order chi connectivity index (χ0) is 13.8. The standard InChI is InChI=1S/C15H14Br2FN/c1-19(9-11-3-2-4-13(16)7-11)10-12-5-6-14(17)8-15(12)18/h2-8H,9-10H2,1H3. The lowest BCUT2D eigenvalue weighted by Gasteiger charge is -2.17. The largest absolute Gasteiger partial charge is 0.298 e. The second kappa shape index (κ2) is 6.64. The van der Waals surface area contributed by atoms with Gasteiger partial charge in [-0.05, 0) is 36.9 Å². The average Bonchev–Trinajstić information content (AvgIpc) is 2.33. The van der Waals surface area contributed by atoms with Gasteiger partial charge in [0.15, 0.2) is 0 Å². The Morgan fingerprint density at radius 1 is 1.00 bits per heavy atom. The number of hydrogen-bond acceptors (Lipinski definition) is 1. The van der Waals surface area contributed by atoms with Gasteiger partial charge in [0.1, 0.15) is 5.82 Å². The Labute approximate surface area is 129 Å². The highest BCUT2D eigenvalue weighted by atomic mass is 79.9. The smallest absolute Gasteiger partial charge is 0.128 e. The lowest BCUT2D eigenvalue weighted by Crippen LogP contribution is -2.18. The van der Waals surface area contributed by atoms with Crippen LogP contribution in [-0.4, -0.2) is 11.9 Å². The number of benzene rings is 2. The van der Waals surface area contributed by atoms with Crippen molar-refractivity contribution in [1.29, 1.82) is 0 Å². The number of halogens is 3. The topological polar surface area (TPSA) is 3.24 Å². The Bertz CT molecular complexity index is 572. The summed E-state index contributed by atoms with van der Waals surface area (Å²) in [6.07, 6.45) is 0. The lowest BCUT2D eigenvalue weighted by atomic mass is 10.1. The van der Waals surface area contributed by atoms with Crippen molar-refractivity contribution in [3.05, 3.63) is 68.4 Å². The van der Waals surface area contributed by atoms with Gasteiger partial charge >= 0.3 is 0 Å². The zero-order valence-corrected chi connectivity index (χ0v) is 13.7. The Hall–Kier alpha value is -0.710. The van der Waals surface area contributed by atoms with Gasteiger partial charge in [0, 0.05) is 27.6 Å². The van der Waals surface area contributed by atoms with Gasteiger partial charge in [0.2, 0.25) is 0 Å². The monoisotopic (exact) mass is 385 g/mol. The van der Waals surface area contributed by atoms with E-state index in [1.807, 2.05) is 31.3 Å². The van der Waals surface area contributed by atoms with Crippen LogP contribution in [0.15, 0.2) is 51.4 Å². The fraction of sp³-hybridized carbons (Fsp3) is 0.200. The molecule has 0 spiro atoms. The summed E-state index contributed by atoms with van der Waals surface area (Å²) >= 11 is 6.72. The van der Waals surface area contributed by atoms with E-state index in [-0.39, 0.29) is 5.82 Å². The van der Waals surface area contributed by atoms with Gasteiger partial charge in [-0.3, -0.25) is 4.90 Å². The van der Waals surface area contributed by atoms with Gasteiger partial charge < -0.3 is 0 Å². The van der Waals surface area contributed by atoms with E-state index in [1.54, 1.807) is 0 Å². The molecule has 100 valence electrons. The molecule has 0 aliphatic rings. The molecule has 0 atom stereocenters. The van der Waals surface area contributed by atoms with Crippen molar-refractivity contribution in [3.8, 4) is 0 Å². The van der Waals surface area contributed by atoms with Crippen LogP contribution in [0, 0.1) is 5.82 Å². The van der Waals surface area contributed by atoms with Crippen LogP contribution in [0.4, 0.5) is 4.39 Å². The van der Waals surface area contributed by atoms with Crippen molar-refractivity contribution in [3.63, 3.8) is 0 Å². The molecule has 1 nitrogen and oxygen atoms in total. The van der Waals surface area contributed by atoms with Gasteiger partial charge in [-0.25, -0.2) is 4.39 Å². The Morgan fingerprint density at radius 2 is 1.74 bits per heavy atom. The van der Waals surface area contributed by atoms with Crippen LogP contribution < -0.4 is 0 Å². The highest BCUT2D eigenvalue weighted by Crippen LogP contribution is 2.18. The summed E-state index contributed by atoms with van der Waals surface area (Å²) in [6.45, 7) is 1.38. The van der Waals surface area contributed by atoms with Crippen LogP contribution in [0.2, 0.25) is 0 Å². The van der Waals surface area contributed by atoms with Crippen molar-refractivity contribution in [1.82, 2.24) is 4.90 Å². The molecule has 2 aromatic rings. The molecule has 0 fully saturated rings. The first-order chi connectivity index (χ1) is 9.04. The summed E-state index contributed by atoms with van der Waals surface area (Å²) in [5.74, 6) is -0.171. The Morgan fingerprint density at radius 3 is 2.42 bits per heavy atom. The highest BCUT2D eigenvalue weighted by molar-refractivity contribution is 9.10. The average molecular weight is 387 g/mol. The summed E-state index contributed by atoms with van der Waals surface area (Å²) in [5.41, 5.74) is 1.91. The molecular weight excluding hydrogens is 373 g/mol. The predicted molar refractivity (Wildman–Crippen MR) is 83.4 cm³/mol. The molecule has 0 aliphatic heterocycles. The molecule has 2 aromatic carbocycles. The van der Waals surface area contributed by atoms with Gasteiger partial charge in [-0.2, -0.15) is 0 Å². The van der Waals surface area contributed by atoms with Gasteiger partial charge in [0.05, 0.1) is 0 Å². The first-order valence-corrected chi connectivity index (χ1v) is 7.50. The maximum Gasteiger partial charge on any atom is 0.128 e. The molecule has 4 heteroatoms. The Kier molecular flexibility index (Phi) is 5.13. The summed E-state index contributed by atoms with van der Waals surface area (Å²) in [7, 11) is 1.99. The van der Waals surface area contributed by atoms with E-state index in [9.17, 15) is 4.39 Å². The van der Waals surface area contributed by atoms with E-state index in [4.69, 9.17) is 0 Å². The predicted octanol–water partition coefficient (Wildman–Crippen LogP) is 4.98. The minimum atomic E-state index is -0.171. The Balaban J connectivity index is 2.03. The van der Waals surface area contributed by atoms with Gasteiger partial charge in [-0.15, -0.1) is 0 Å². The summed E-state index contributed by atoms with van der Waals surface area (Å²) in [6, 6.07) is 13.3. The van der Waals surface area contributed by atoms with Crippen LogP contribution in [0.5, 0.6) is 0 Å². The SMILES string of the molecule is CN(Cc1cccc(Br)c1)Cc1ccc(Br)cc1F. The van der Waals surface area contributed by atoms with Crippen LogP contribution in [0.3, 0.4) is 0 Å². The van der Waals surface area contributed by atoms with Crippen LogP contribution in [-0.2, 0) is 13.1 Å². The third-order valence-electron chi connectivity index (χ3n) is 2.80. The van der Waals surface area contributed by atoms with Crippen molar-refractivity contribution < 1.29 is 4.39 Å². The van der Waals surface area contributed by atoms with Gasteiger partial charge in [0.25, 0.3) is 0 Å². The summed E-state index contributed by atoms with van der Waals surface area (Å²) in [5, 5.41) is 0. The molecular formula is C15H14Br2FN. The fourth-order valence-corrected chi connectivity index (χ4v) is 2.72. The van der Waals surface area contributed by atoms with Crippen molar-refractivity contribution in [2.24, 2.45) is 0 Å². The van der Waals surface area contributed by atoms with E-state index in [0.29, 0.717) is 12.1 Å². The first kappa shape index (κ1) is 14.7. The minimum absolute atomic E-state index is 0.171. The second-order valence-corrected chi connectivity index (χ2v) is 6.37. The van der Waals surface area contributed by atoms with E-state index in [1.165, 1.54) is 11.6 Å². The van der Waals surface area contributed by atoms with Crippen LogP contribution >= 0.6 is 31.9 Å². The highest BCUT2D eigenvalue weighted by Gasteiger charge is 2.07. The molecule has 19 heavy (non-hydrogen) atoms. The van der Waals surface area contributed by atoms with Crippen molar-refractivity contribution >= 4 is 31.9 Å². The summed E-state index contributed by atoms with van der Waals surface area (Å²) < 4.78 is 15.6. The normalized spacial score (nSPS) is 11.0. The fourth-order valence-electron chi connectivity index (χ4n) is 1.94. The third-order valence-corrected chi connectivity index (χ3v) is 3.78. The van der Waals surface area contributed by atoms with E-state index in [2.05, 4.69) is 48.9 Å². The van der Waals surface area contributed by atoms with E-state index >= 15 is 0 Å². The lowest BCUT2D eigenvalue weighted by molar-refractivity contribution is 0.313. The molecule has 0 saturated carbocycles. The molecule has 0 saturated heterocycles.